The van der Waals surface area contributed by atoms with E-state index in [9.17, 15) is 5.11 Å². The molecule has 1 aromatic rings. The van der Waals surface area contributed by atoms with E-state index in [1.54, 1.807) is 0 Å². The summed E-state index contributed by atoms with van der Waals surface area (Å²) in [6.45, 7) is 5.41. The van der Waals surface area contributed by atoms with Crippen molar-refractivity contribution in [2.24, 2.45) is 5.41 Å². The Hall–Kier alpha value is -0.830. The number of hydrogen-bond acceptors (Lipinski definition) is 2. The molecular formula is C14H24N2O. The van der Waals surface area contributed by atoms with Crippen LogP contribution in [0.5, 0.6) is 0 Å². The molecule has 0 bridgehead atoms. The number of hydrogen-bond donors (Lipinski definition) is 1. The van der Waals surface area contributed by atoms with Crippen molar-refractivity contribution in [3.8, 4) is 0 Å². The van der Waals surface area contributed by atoms with E-state index in [1.165, 1.54) is 25.0 Å². The molecule has 1 fully saturated rings. The first-order chi connectivity index (χ1) is 8.19. The van der Waals surface area contributed by atoms with E-state index in [2.05, 4.69) is 22.8 Å². The van der Waals surface area contributed by atoms with Gasteiger partial charge in [0, 0.05) is 18.8 Å². The standard InChI is InChI=1S/C14H24N2O/c1-3-16-13(9-12(2)15-16)10-14(11-17)7-5-4-6-8-14/h9,17H,3-8,10-11H2,1-2H3. The Morgan fingerprint density at radius 3 is 2.65 bits per heavy atom. The fraction of sp³-hybridized carbons (Fsp3) is 0.786. The first-order valence-corrected chi connectivity index (χ1v) is 6.83. The molecule has 1 aromatic heterocycles. The van der Waals surface area contributed by atoms with Gasteiger partial charge in [-0.05, 0) is 44.6 Å². The molecule has 0 aromatic carbocycles. The predicted octanol–water partition coefficient (Wildman–Crippen LogP) is 2.70. The van der Waals surface area contributed by atoms with Gasteiger partial charge < -0.3 is 5.11 Å². The van der Waals surface area contributed by atoms with Gasteiger partial charge in [-0.2, -0.15) is 5.10 Å². The number of nitrogens with zero attached hydrogens (tertiary/aromatic N) is 2. The number of aliphatic hydroxyl groups is 1. The van der Waals surface area contributed by atoms with Crippen molar-refractivity contribution in [1.82, 2.24) is 9.78 Å². The van der Waals surface area contributed by atoms with Gasteiger partial charge in [0.1, 0.15) is 0 Å². The minimum atomic E-state index is 0.123. The summed E-state index contributed by atoms with van der Waals surface area (Å²) < 4.78 is 2.08. The third-order valence-electron chi connectivity index (χ3n) is 4.09. The Morgan fingerprint density at radius 1 is 1.35 bits per heavy atom. The van der Waals surface area contributed by atoms with Crippen LogP contribution in [0.3, 0.4) is 0 Å². The van der Waals surface area contributed by atoms with Crippen molar-refractivity contribution < 1.29 is 5.11 Å². The fourth-order valence-corrected chi connectivity index (χ4v) is 3.09. The Kier molecular flexibility index (Phi) is 3.87. The molecule has 1 heterocycles. The van der Waals surface area contributed by atoms with Gasteiger partial charge in [-0.1, -0.05) is 19.3 Å². The third kappa shape index (κ3) is 2.71. The SMILES string of the molecule is CCn1nc(C)cc1CC1(CO)CCCCC1. The molecule has 0 unspecified atom stereocenters. The van der Waals surface area contributed by atoms with Crippen LogP contribution in [0.1, 0.15) is 50.4 Å². The molecule has 1 N–H and O–H groups in total. The van der Waals surface area contributed by atoms with E-state index < -0.39 is 0 Å². The van der Waals surface area contributed by atoms with E-state index in [1.807, 2.05) is 6.92 Å². The molecular weight excluding hydrogens is 212 g/mol. The van der Waals surface area contributed by atoms with Crippen molar-refractivity contribution in [3.05, 3.63) is 17.5 Å². The van der Waals surface area contributed by atoms with E-state index in [0.717, 1.165) is 31.5 Å². The quantitative estimate of drug-likeness (QED) is 0.873. The Morgan fingerprint density at radius 2 is 2.06 bits per heavy atom. The maximum absolute atomic E-state index is 9.74. The van der Waals surface area contributed by atoms with Crippen LogP contribution < -0.4 is 0 Å². The molecule has 2 rings (SSSR count). The fourth-order valence-electron chi connectivity index (χ4n) is 3.09. The zero-order valence-electron chi connectivity index (χ0n) is 11.1. The second kappa shape index (κ2) is 5.21. The molecule has 0 spiro atoms. The molecule has 1 aliphatic carbocycles. The van der Waals surface area contributed by atoms with E-state index in [-0.39, 0.29) is 5.41 Å². The average Bonchev–Trinajstić information content (AvgIpc) is 2.70. The van der Waals surface area contributed by atoms with Gasteiger partial charge in [0.2, 0.25) is 0 Å². The van der Waals surface area contributed by atoms with Crippen LogP contribution in [0.15, 0.2) is 6.07 Å². The number of aryl methyl sites for hydroxylation is 2. The summed E-state index contributed by atoms with van der Waals surface area (Å²) in [5.74, 6) is 0. The summed E-state index contributed by atoms with van der Waals surface area (Å²) in [4.78, 5) is 0. The summed E-state index contributed by atoms with van der Waals surface area (Å²) in [7, 11) is 0. The van der Waals surface area contributed by atoms with Crippen LogP contribution in [-0.4, -0.2) is 21.5 Å². The van der Waals surface area contributed by atoms with Gasteiger partial charge in [0.15, 0.2) is 0 Å². The Labute approximate surface area is 104 Å². The van der Waals surface area contributed by atoms with E-state index in [0.29, 0.717) is 6.61 Å². The molecule has 0 amide bonds. The van der Waals surface area contributed by atoms with Crippen LogP contribution in [0.2, 0.25) is 0 Å². The summed E-state index contributed by atoms with van der Waals surface area (Å²) in [5, 5.41) is 14.2. The molecule has 96 valence electrons. The predicted molar refractivity (Wildman–Crippen MR) is 68.9 cm³/mol. The van der Waals surface area contributed by atoms with Crippen LogP contribution >= 0.6 is 0 Å². The van der Waals surface area contributed by atoms with Gasteiger partial charge in [0.05, 0.1) is 5.69 Å². The van der Waals surface area contributed by atoms with Crippen molar-refractivity contribution in [2.45, 2.75) is 58.9 Å². The zero-order chi connectivity index (χ0) is 12.3. The molecule has 0 saturated heterocycles. The molecule has 1 saturated carbocycles. The van der Waals surface area contributed by atoms with Crippen LogP contribution in [0.25, 0.3) is 0 Å². The number of aliphatic hydroxyl groups excluding tert-OH is 1. The van der Waals surface area contributed by atoms with Gasteiger partial charge in [0.25, 0.3) is 0 Å². The van der Waals surface area contributed by atoms with Crippen molar-refractivity contribution in [2.75, 3.05) is 6.61 Å². The summed E-state index contributed by atoms with van der Waals surface area (Å²) in [5.41, 5.74) is 2.50. The normalized spacial score (nSPS) is 19.5. The second-order valence-electron chi connectivity index (χ2n) is 5.49. The minimum Gasteiger partial charge on any atom is -0.396 e. The molecule has 0 radical (unpaired) electrons. The molecule has 3 nitrogen and oxygen atoms in total. The van der Waals surface area contributed by atoms with Gasteiger partial charge >= 0.3 is 0 Å². The lowest BCUT2D eigenvalue weighted by Crippen LogP contribution is -2.31. The molecule has 17 heavy (non-hydrogen) atoms. The highest BCUT2D eigenvalue weighted by Crippen LogP contribution is 2.38. The van der Waals surface area contributed by atoms with E-state index >= 15 is 0 Å². The van der Waals surface area contributed by atoms with Crippen molar-refractivity contribution >= 4 is 0 Å². The highest BCUT2D eigenvalue weighted by Gasteiger charge is 2.32. The monoisotopic (exact) mass is 236 g/mol. The maximum Gasteiger partial charge on any atom is 0.0596 e. The maximum atomic E-state index is 9.74. The topological polar surface area (TPSA) is 38.0 Å². The molecule has 1 aliphatic rings. The highest BCUT2D eigenvalue weighted by atomic mass is 16.3. The van der Waals surface area contributed by atoms with E-state index in [4.69, 9.17) is 0 Å². The summed E-state index contributed by atoms with van der Waals surface area (Å²) in [6, 6.07) is 2.18. The van der Waals surface area contributed by atoms with Crippen LogP contribution in [0.4, 0.5) is 0 Å². The lowest BCUT2D eigenvalue weighted by atomic mass is 9.72. The number of aromatic nitrogens is 2. The Bertz CT molecular complexity index is 364. The smallest absolute Gasteiger partial charge is 0.0596 e. The van der Waals surface area contributed by atoms with Crippen molar-refractivity contribution in [1.29, 1.82) is 0 Å². The average molecular weight is 236 g/mol. The Balaban J connectivity index is 2.16. The lowest BCUT2D eigenvalue weighted by Gasteiger charge is -2.35. The number of rotatable bonds is 4. The van der Waals surface area contributed by atoms with Crippen LogP contribution in [0, 0.1) is 12.3 Å². The zero-order valence-corrected chi connectivity index (χ0v) is 11.1. The highest BCUT2D eigenvalue weighted by molar-refractivity contribution is 5.11. The van der Waals surface area contributed by atoms with Crippen LogP contribution in [-0.2, 0) is 13.0 Å². The molecule has 3 heteroatoms. The molecule has 0 aliphatic heterocycles. The molecule has 0 atom stereocenters. The first kappa shape index (κ1) is 12.6. The second-order valence-corrected chi connectivity index (χ2v) is 5.49. The van der Waals surface area contributed by atoms with Gasteiger partial charge in [-0.3, -0.25) is 4.68 Å². The summed E-state index contributed by atoms with van der Waals surface area (Å²) in [6.07, 6.45) is 7.17. The minimum absolute atomic E-state index is 0.123. The van der Waals surface area contributed by atoms with Crippen molar-refractivity contribution in [3.63, 3.8) is 0 Å². The summed E-state index contributed by atoms with van der Waals surface area (Å²) >= 11 is 0. The lowest BCUT2D eigenvalue weighted by molar-refractivity contribution is 0.0802. The largest absolute Gasteiger partial charge is 0.396 e. The van der Waals surface area contributed by atoms with Gasteiger partial charge in [-0.15, -0.1) is 0 Å². The first-order valence-electron chi connectivity index (χ1n) is 6.83. The van der Waals surface area contributed by atoms with Gasteiger partial charge in [-0.25, -0.2) is 0 Å². The third-order valence-corrected chi connectivity index (χ3v) is 4.09.